The monoisotopic (exact) mass is 551 g/mol. The molecule has 0 spiro atoms. The van der Waals surface area contributed by atoms with E-state index < -0.39 is 4.92 Å². The van der Waals surface area contributed by atoms with Crippen LogP contribution in [0.2, 0.25) is 0 Å². The van der Waals surface area contributed by atoms with Gasteiger partial charge < -0.3 is 21.3 Å². The summed E-state index contributed by atoms with van der Waals surface area (Å²) >= 11 is 1.34. The van der Waals surface area contributed by atoms with Crippen LogP contribution in [0.25, 0.3) is 10.9 Å². The Labute approximate surface area is 234 Å². The highest BCUT2D eigenvalue weighted by atomic mass is 32.1. The molecule has 4 N–H and O–H groups in total. The highest BCUT2D eigenvalue weighted by Gasteiger charge is 2.15. The van der Waals surface area contributed by atoms with Gasteiger partial charge in [-0.1, -0.05) is 30.3 Å². The number of thiophene rings is 1. The zero-order valence-electron chi connectivity index (χ0n) is 21.2. The molecule has 0 aliphatic carbocycles. The minimum Gasteiger partial charge on any atom is -0.380 e. The topological polar surface area (TPSA) is 134 Å². The summed E-state index contributed by atoms with van der Waals surface area (Å²) in [6.07, 6.45) is 5.98. The van der Waals surface area contributed by atoms with Gasteiger partial charge in [-0.05, 0) is 59.0 Å². The summed E-state index contributed by atoms with van der Waals surface area (Å²) in [5.41, 5.74) is 4.71. The smallest absolute Gasteiger partial charge is 0.274 e. The Morgan fingerprint density at radius 2 is 1.80 bits per heavy atom. The van der Waals surface area contributed by atoms with Crippen LogP contribution in [0.15, 0.2) is 109 Å². The summed E-state index contributed by atoms with van der Waals surface area (Å²) in [4.78, 5) is 32.8. The number of fused-ring (bicyclic) bond motifs is 1. The average molecular weight is 552 g/mol. The van der Waals surface area contributed by atoms with E-state index in [1.165, 1.54) is 11.3 Å². The van der Waals surface area contributed by atoms with Crippen molar-refractivity contribution in [1.29, 1.82) is 0 Å². The van der Waals surface area contributed by atoms with Crippen LogP contribution in [-0.4, -0.2) is 20.8 Å². The quantitative estimate of drug-likeness (QED) is 0.119. The molecule has 3 heterocycles. The molecule has 200 valence electrons. The number of carbonyl (C=O) groups excluding carboxylic acids is 1. The number of para-hydroxylation sites is 1. The number of nitrogens with one attached hydrogen (secondary N) is 4. The predicted octanol–water partition coefficient (Wildman–Crippen LogP) is 5.83. The molecule has 0 aliphatic heterocycles. The molecule has 1 amide bonds. The van der Waals surface area contributed by atoms with Crippen molar-refractivity contribution >= 4 is 45.2 Å². The molecule has 3 aromatic heterocycles. The van der Waals surface area contributed by atoms with Gasteiger partial charge in [-0.25, -0.2) is 0 Å². The Morgan fingerprint density at radius 3 is 2.62 bits per heavy atom. The van der Waals surface area contributed by atoms with Gasteiger partial charge in [0.25, 0.3) is 12.1 Å². The number of pyridine rings is 2. The molecule has 0 fully saturated rings. The van der Waals surface area contributed by atoms with Crippen LogP contribution >= 0.6 is 11.3 Å². The standard InChI is InChI=1S/C29H25N7O3S/c37-29(28-26(11-14-40-28)32-18-21-10-13-31-25-9-2-1-8-24(21)25)35-23-7-3-6-22(15-23)34-27(19-36(38)39)33-17-20-5-4-12-30-16-20/h1-16,19,32-34H,17-18H2,(H,35,37)/b27-19-. The molecular formula is C29H25N7O3S. The fourth-order valence-electron chi connectivity index (χ4n) is 4.07. The number of aromatic nitrogens is 2. The van der Waals surface area contributed by atoms with Crippen LogP contribution in [0.1, 0.15) is 20.8 Å². The molecule has 0 radical (unpaired) electrons. The molecule has 0 saturated heterocycles. The molecule has 0 aliphatic rings. The van der Waals surface area contributed by atoms with E-state index in [9.17, 15) is 14.9 Å². The third-order valence-corrected chi connectivity index (χ3v) is 6.83. The Bertz CT molecular complexity index is 1670. The first-order valence-corrected chi connectivity index (χ1v) is 13.2. The van der Waals surface area contributed by atoms with Crippen molar-refractivity contribution in [3.63, 3.8) is 0 Å². The molecule has 5 rings (SSSR count). The molecular weight excluding hydrogens is 526 g/mol. The van der Waals surface area contributed by atoms with Crippen molar-refractivity contribution in [2.24, 2.45) is 0 Å². The second-order valence-corrected chi connectivity index (χ2v) is 9.62. The first-order chi connectivity index (χ1) is 19.5. The van der Waals surface area contributed by atoms with E-state index >= 15 is 0 Å². The Hall–Kier alpha value is -5.29. The van der Waals surface area contributed by atoms with E-state index in [4.69, 9.17) is 0 Å². The zero-order valence-corrected chi connectivity index (χ0v) is 22.0. The number of rotatable bonds is 11. The maximum Gasteiger partial charge on any atom is 0.274 e. The molecule has 10 nitrogen and oxygen atoms in total. The summed E-state index contributed by atoms with van der Waals surface area (Å²) in [6.45, 7) is 0.886. The summed E-state index contributed by atoms with van der Waals surface area (Å²) in [7, 11) is 0. The summed E-state index contributed by atoms with van der Waals surface area (Å²) < 4.78 is 0. The van der Waals surface area contributed by atoms with Gasteiger partial charge in [0.05, 0.1) is 16.1 Å². The maximum atomic E-state index is 13.2. The van der Waals surface area contributed by atoms with Gasteiger partial charge in [0.15, 0.2) is 5.82 Å². The number of nitrogens with zero attached hydrogens (tertiary/aromatic N) is 3. The highest BCUT2D eigenvalue weighted by Crippen LogP contribution is 2.26. The van der Waals surface area contributed by atoms with Crippen LogP contribution in [0.3, 0.4) is 0 Å². The lowest BCUT2D eigenvalue weighted by atomic mass is 10.1. The zero-order chi connectivity index (χ0) is 27.7. The van der Waals surface area contributed by atoms with Gasteiger partial charge in [0, 0.05) is 48.4 Å². The van der Waals surface area contributed by atoms with Crippen molar-refractivity contribution in [3.05, 3.63) is 135 Å². The lowest BCUT2D eigenvalue weighted by molar-refractivity contribution is -0.403. The van der Waals surface area contributed by atoms with E-state index in [2.05, 4.69) is 31.2 Å². The first-order valence-electron chi connectivity index (χ1n) is 12.4. The predicted molar refractivity (Wildman–Crippen MR) is 158 cm³/mol. The molecule has 0 saturated carbocycles. The van der Waals surface area contributed by atoms with Gasteiger partial charge in [-0.3, -0.25) is 24.9 Å². The van der Waals surface area contributed by atoms with Gasteiger partial charge in [-0.2, -0.15) is 0 Å². The largest absolute Gasteiger partial charge is 0.380 e. The van der Waals surface area contributed by atoms with Crippen molar-refractivity contribution in [2.45, 2.75) is 13.1 Å². The molecule has 11 heteroatoms. The van der Waals surface area contributed by atoms with Crippen molar-refractivity contribution < 1.29 is 9.72 Å². The number of nitro groups is 1. The lowest BCUT2D eigenvalue weighted by Gasteiger charge is -2.13. The molecule has 0 bridgehead atoms. The molecule has 40 heavy (non-hydrogen) atoms. The van der Waals surface area contributed by atoms with Gasteiger partial charge >= 0.3 is 0 Å². The highest BCUT2D eigenvalue weighted by molar-refractivity contribution is 7.12. The van der Waals surface area contributed by atoms with Crippen LogP contribution in [0, 0.1) is 10.1 Å². The Morgan fingerprint density at radius 1 is 0.950 bits per heavy atom. The third-order valence-electron chi connectivity index (χ3n) is 5.92. The van der Waals surface area contributed by atoms with Crippen LogP contribution in [0.4, 0.5) is 17.1 Å². The minimum atomic E-state index is -0.537. The van der Waals surface area contributed by atoms with Crippen molar-refractivity contribution in [2.75, 3.05) is 16.0 Å². The van der Waals surface area contributed by atoms with Gasteiger partial charge in [0.1, 0.15) is 4.88 Å². The lowest BCUT2D eigenvalue weighted by Crippen LogP contribution is -2.20. The number of hydrogen-bond donors (Lipinski definition) is 4. The van der Waals surface area contributed by atoms with Gasteiger partial charge in [0.2, 0.25) is 0 Å². The second kappa shape index (κ2) is 12.5. The minimum absolute atomic E-state index is 0.200. The van der Waals surface area contributed by atoms with Crippen LogP contribution in [0.5, 0.6) is 0 Å². The van der Waals surface area contributed by atoms with E-state index in [-0.39, 0.29) is 11.7 Å². The van der Waals surface area contributed by atoms with Crippen molar-refractivity contribution in [3.8, 4) is 0 Å². The van der Waals surface area contributed by atoms with E-state index in [1.807, 2.05) is 47.8 Å². The number of amides is 1. The Balaban J connectivity index is 1.24. The van der Waals surface area contributed by atoms with E-state index in [1.54, 1.807) is 48.9 Å². The average Bonchev–Trinajstić information content (AvgIpc) is 3.44. The number of anilines is 3. The fraction of sp³-hybridized carbons (Fsp3) is 0.0690. The van der Waals surface area contributed by atoms with E-state index in [0.717, 1.165) is 33.9 Å². The third kappa shape index (κ3) is 6.77. The molecule has 2 aromatic carbocycles. The molecule has 0 atom stereocenters. The number of hydrogen-bond acceptors (Lipinski definition) is 9. The SMILES string of the molecule is O=C(Nc1cccc(N/C(=C\[N+](=O)[O-])NCc2cccnc2)c1)c1sccc1NCc1ccnc2ccccc12. The number of carbonyl (C=O) groups is 1. The second-order valence-electron chi connectivity index (χ2n) is 8.71. The summed E-state index contributed by atoms with van der Waals surface area (Å²) in [6, 6.07) is 22.4. The Kier molecular flexibility index (Phi) is 8.23. The first kappa shape index (κ1) is 26.3. The van der Waals surface area contributed by atoms with E-state index in [0.29, 0.717) is 29.3 Å². The summed E-state index contributed by atoms with van der Waals surface area (Å²) in [5.74, 6) is -0.0595. The van der Waals surface area contributed by atoms with Gasteiger partial charge in [-0.15, -0.1) is 11.3 Å². The maximum absolute atomic E-state index is 13.2. The summed E-state index contributed by atoms with van der Waals surface area (Å²) in [5, 5.41) is 26.4. The number of benzene rings is 2. The normalized spacial score (nSPS) is 11.2. The van der Waals surface area contributed by atoms with Crippen LogP contribution < -0.4 is 21.3 Å². The molecule has 0 unspecified atom stereocenters. The van der Waals surface area contributed by atoms with Crippen LogP contribution in [-0.2, 0) is 13.1 Å². The molecule has 5 aromatic rings. The fourth-order valence-corrected chi connectivity index (χ4v) is 4.84. The van der Waals surface area contributed by atoms with Crippen molar-refractivity contribution in [1.82, 2.24) is 15.3 Å².